The molecule has 0 aromatic carbocycles. The van der Waals surface area contributed by atoms with Crippen LogP contribution in [0.4, 0.5) is 5.95 Å². The van der Waals surface area contributed by atoms with Crippen LogP contribution in [0.5, 0.6) is 0 Å². The molecule has 0 saturated heterocycles. The maximum atomic E-state index is 12.1. The molecule has 0 radical (unpaired) electrons. The normalized spacial score (nSPS) is 23.0. The fourth-order valence-corrected chi connectivity index (χ4v) is 2.66. The Morgan fingerprint density at radius 2 is 2.14 bits per heavy atom. The predicted molar refractivity (Wildman–Crippen MR) is 77.4 cm³/mol. The molecule has 1 unspecified atom stereocenters. The number of H-pyrrole nitrogens is 1. The van der Waals surface area contributed by atoms with E-state index in [1.165, 1.54) is 7.11 Å². The van der Waals surface area contributed by atoms with Crippen molar-refractivity contribution >= 4 is 11.9 Å². The van der Waals surface area contributed by atoms with E-state index in [1.807, 2.05) is 0 Å². The van der Waals surface area contributed by atoms with Gasteiger partial charge in [0.05, 0.1) is 6.54 Å². The molecule has 1 aliphatic rings. The number of carbonyl (C=O) groups excluding carboxylic acids is 1. The van der Waals surface area contributed by atoms with Gasteiger partial charge in [0.2, 0.25) is 11.9 Å². The van der Waals surface area contributed by atoms with Gasteiger partial charge < -0.3 is 20.9 Å². The summed E-state index contributed by atoms with van der Waals surface area (Å²) in [5, 5.41) is 19.5. The van der Waals surface area contributed by atoms with Crippen molar-refractivity contribution < 1.29 is 14.6 Å². The Kier molecular flexibility index (Phi) is 5.45. The number of nitrogens with one attached hydrogen (secondary N) is 2. The average Bonchev–Trinajstić information content (AvgIpc) is 2.53. The maximum Gasteiger partial charge on any atom is 0.276 e. The molecule has 1 heterocycles. The molecular weight excluding hydrogens is 290 g/mol. The highest BCUT2D eigenvalue weighted by Gasteiger charge is 2.29. The standard InChI is InChI=1S/C13H21N5O4/c1-22-12(21)8-4-2-7(3-5-8)10(19)15-6-9-11(20)16-13(14)18-17-9/h7-8,12,21H,2-6H2,1H3,(H,15,19)(H3,14,16,18,20)/t7-,8-,12?. The number of amides is 1. The molecule has 9 nitrogen and oxygen atoms in total. The van der Waals surface area contributed by atoms with Crippen molar-refractivity contribution in [3.05, 3.63) is 16.0 Å². The molecule has 0 spiro atoms. The van der Waals surface area contributed by atoms with E-state index < -0.39 is 11.8 Å². The summed E-state index contributed by atoms with van der Waals surface area (Å²) in [7, 11) is 1.47. The van der Waals surface area contributed by atoms with Gasteiger partial charge in [-0.2, -0.15) is 0 Å². The second kappa shape index (κ2) is 7.32. The summed E-state index contributed by atoms with van der Waals surface area (Å²) in [6, 6.07) is 0. The lowest BCUT2D eigenvalue weighted by molar-refractivity contribution is -0.134. The zero-order valence-corrected chi connectivity index (χ0v) is 12.4. The Labute approximate surface area is 127 Å². The molecular formula is C13H21N5O4. The summed E-state index contributed by atoms with van der Waals surface area (Å²) in [6.07, 6.45) is 2.05. The van der Waals surface area contributed by atoms with E-state index in [2.05, 4.69) is 20.5 Å². The van der Waals surface area contributed by atoms with Gasteiger partial charge in [0.1, 0.15) is 5.69 Å². The summed E-state index contributed by atoms with van der Waals surface area (Å²) < 4.78 is 4.90. The number of hydrogen-bond acceptors (Lipinski definition) is 7. The topological polar surface area (TPSA) is 143 Å². The van der Waals surface area contributed by atoms with Crippen LogP contribution in [-0.4, -0.2) is 39.6 Å². The van der Waals surface area contributed by atoms with Crippen LogP contribution >= 0.6 is 0 Å². The van der Waals surface area contributed by atoms with E-state index >= 15 is 0 Å². The van der Waals surface area contributed by atoms with E-state index in [9.17, 15) is 14.7 Å². The lowest BCUT2D eigenvalue weighted by Gasteiger charge is -2.29. The van der Waals surface area contributed by atoms with Gasteiger partial charge >= 0.3 is 0 Å². The third kappa shape index (κ3) is 4.01. The van der Waals surface area contributed by atoms with Crippen LogP contribution in [0, 0.1) is 11.8 Å². The molecule has 0 aliphatic heterocycles. The van der Waals surface area contributed by atoms with Crippen molar-refractivity contribution in [3.8, 4) is 0 Å². The smallest absolute Gasteiger partial charge is 0.276 e. The number of rotatable bonds is 5. The van der Waals surface area contributed by atoms with E-state index in [4.69, 9.17) is 10.5 Å². The molecule has 1 saturated carbocycles. The van der Waals surface area contributed by atoms with Gasteiger partial charge in [-0.3, -0.25) is 14.6 Å². The molecule has 1 amide bonds. The first-order valence-corrected chi connectivity index (χ1v) is 7.21. The van der Waals surface area contributed by atoms with Gasteiger partial charge in [-0.25, -0.2) is 0 Å². The number of nitrogens with two attached hydrogens (primary N) is 1. The minimum atomic E-state index is -0.771. The fourth-order valence-electron chi connectivity index (χ4n) is 2.66. The number of aromatic nitrogens is 3. The van der Waals surface area contributed by atoms with Crippen LogP contribution < -0.4 is 16.6 Å². The molecule has 0 bridgehead atoms. The molecule has 5 N–H and O–H groups in total. The Morgan fingerprint density at radius 3 is 2.73 bits per heavy atom. The Hall–Kier alpha value is -2.00. The molecule has 9 heteroatoms. The number of nitrogens with zero attached hydrogens (tertiary/aromatic N) is 2. The summed E-state index contributed by atoms with van der Waals surface area (Å²) in [6.45, 7) is 0.0159. The first-order chi connectivity index (χ1) is 10.5. The van der Waals surface area contributed by atoms with E-state index in [0.717, 1.165) is 12.8 Å². The minimum absolute atomic E-state index is 0.0159. The molecule has 1 aromatic rings. The average molecular weight is 311 g/mol. The SMILES string of the molecule is COC(O)[C@H]1CC[C@H](C(=O)NCc2nnc(N)[nH]c2=O)CC1. The molecule has 1 aliphatic carbocycles. The Balaban J connectivity index is 1.82. The molecule has 22 heavy (non-hydrogen) atoms. The fraction of sp³-hybridized carbons (Fsp3) is 0.692. The third-order valence-electron chi connectivity index (χ3n) is 4.00. The number of hydrogen-bond donors (Lipinski definition) is 4. The van der Waals surface area contributed by atoms with Crippen LogP contribution in [0.15, 0.2) is 4.79 Å². The largest absolute Gasteiger partial charge is 0.368 e. The van der Waals surface area contributed by atoms with Crippen molar-refractivity contribution in [1.29, 1.82) is 0 Å². The maximum absolute atomic E-state index is 12.1. The molecule has 122 valence electrons. The van der Waals surface area contributed by atoms with Crippen molar-refractivity contribution in [2.24, 2.45) is 11.8 Å². The number of aliphatic hydroxyl groups excluding tert-OH is 1. The number of anilines is 1. The Morgan fingerprint density at radius 1 is 1.45 bits per heavy atom. The van der Waals surface area contributed by atoms with Crippen LogP contribution in [0.3, 0.4) is 0 Å². The number of ether oxygens (including phenoxy) is 1. The van der Waals surface area contributed by atoms with E-state index in [-0.39, 0.29) is 35.9 Å². The summed E-state index contributed by atoms with van der Waals surface area (Å²) >= 11 is 0. The lowest BCUT2D eigenvalue weighted by Crippen LogP contribution is -2.36. The lowest BCUT2D eigenvalue weighted by atomic mass is 9.81. The number of aromatic amines is 1. The van der Waals surface area contributed by atoms with Crippen LogP contribution in [0.2, 0.25) is 0 Å². The van der Waals surface area contributed by atoms with Crippen LogP contribution in [-0.2, 0) is 16.1 Å². The second-order valence-electron chi connectivity index (χ2n) is 5.44. The highest BCUT2D eigenvalue weighted by Crippen LogP contribution is 2.31. The second-order valence-corrected chi connectivity index (χ2v) is 5.44. The summed E-state index contributed by atoms with van der Waals surface area (Å²) in [5.74, 6) is -0.237. The zero-order valence-electron chi connectivity index (χ0n) is 12.4. The Bertz CT molecular complexity index is 568. The van der Waals surface area contributed by atoms with Crippen molar-refractivity contribution in [2.45, 2.75) is 38.5 Å². The highest BCUT2D eigenvalue weighted by atomic mass is 16.6. The zero-order chi connectivity index (χ0) is 16.1. The van der Waals surface area contributed by atoms with Gasteiger partial charge in [-0.1, -0.05) is 0 Å². The quantitative estimate of drug-likeness (QED) is 0.518. The van der Waals surface area contributed by atoms with Gasteiger partial charge in [-0.15, -0.1) is 10.2 Å². The number of methoxy groups -OCH3 is 1. The predicted octanol–water partition coefficient (Wildman–Crippen LogP) is -0.865. The third-order valence-corrected chi connectivity index (χ3v) is 4.00. The van der Waals surface area contributed by atoms with Crippen LogP contribution in [0.1, 0.15) is 31.4 Å². The summed E-state index contributed by atoms with van der Waals surface area (Å²) in [5.41, 5.74) is 4.96. The van der Waals surface area contributed by atoms with E-state index in [1.54, 1.807) is 0 Å². The molecule has 2 rings (SSSR count). The van der Waals surface area contributed by atoms with Crippen LogP contribution in [0.25, 0.3) is 0 Å². The minimum Gasteiger partial charge on any atom is -0.368 e. The molecule has 1 fully saturated rings. The van der Waals surface area contributed by atoms with Gasteiger partial charge in [0.25, 0.3) is 5.56 Å². The molecule has 1 aromatic heterocycles. The van der Waals surface area contributed by atoms with Crippen molar-refractivity contribution in [1.82, 2.24) is 20.5 Å². The van der Waals surface area contributed by atoms with E-state index in [0.29, 0.717) is 12.8 Å². The van der Waals surface area contributed by atoms with Crippen molar-refractivity contribution in [2.75, 3.05) is 12.8 Å². The first kappa shape index (κ1) is 16.4. The van der Waals surface area contributed by atoms with Gasteiger partial charge in [0.15, 0.2) is 6.29 Å². The number of nitrogen functional groups attached to an aromatic ring is 1. The monoisotopic (exact) mass is 311 g/mol. The van der Waals surface area contributed by atoms with Gasteiger partial charge in [-0.05, 0) is 25.7 Å². The highest BCUT2D eigenvalue weighted by molar-refractivity contribution is 5.78. The first-order valence-electron chi connectivity index (χ1n) is 7.21. The number of aliphatic hydroxyl groups is 1. The van der Waals surface area contributed by atoms with Crippen molar-refractivity contribution in [3.63, 3.8) is 0 Å². The molecule has 1 atom stereocenters. The number of carbonyl (C=O) groups is 1. The van der Waals surface area contributed by atoms with Gasteiger partial charge in [0, 0.05) is 18.9 Å². The summed E-state index contributed by atoms with van der Waals surface area (Å²) in [4.78, 5) is 26.0.